The number of halogens is 1. The van der Waals surface area contributed by atoms with Crippen LogP contribution in [0.1, 0.15) is 29.0 Å². The van der Waals surface area contributed by atoms with Crippen molar-refractivity contribution in [3.63, 3.8) is 0 Å². The fraction of sp³-hybridized carbons (Fsp3) is 0.115. The second-order valence-electron chi connectivity index (χ2n) is 7.71. The van der Waals surface area contributed by atoms with Gasteiger partial charge in [0.2, 0.25) is 0 Å². The molecule has 0 spiro atoms. The molecule has 1 aliphatic heterocycles. The van der Waals surface area contributed by atoms with Crippen molar-refractivity contribution in [1.82, 2.24) is 4.57 Å². The number of ether oxygens (including phenoxy) is 1. The van der Waals surface area contributed by atoms with Crippen molar-refractivity contribution in [1.29, 1.82) is 0 Å². The molecule has 0 saturated heterocycles. The minimum Gasteiger partial charge on any atom is -0.457 e. The lowest BCUT2D eigenvalue weighted by molar-refractivity contribution is -0.140. The number of aromatic nitrogens is 1. The molecule has 170 valence electrons. The Hall–Kier alpha value is -3.62. The Bertz CT molecular complexity index is 1550. The van der Waals surface area contributed by atoms with Crippen LogP contribution in [0, 0.1) is 5.82 Å². The molecular formula is C26H19FN2O3S2. The van der Waals surface area contributed by atoms with E-state index in [0.29, 0.717) is 20.6 Å². The van der Waals surface area contributed by atoms with E-state index < -0.39 is 17.8 Å². The number of allylic oxidation sites excluding steroid dienone is 1. The standard InChI is InChI=1S/C26H19FN2O3S2/c1-16-22(25(31)32-15-17-6-3-2-4-7-17)23(18-9-11-19(27)12-10-18)29-24(30)21(34-26(29)28-16)14-20-8-5-13-33-20/h2-14,23H,15H2,1H3. The van der Waals surface area contributed by atoms with Crippen molar-refractivity contribution < 1.29 is 13.9 Å². The number of fused-ring (bicyclic) bond motifs is 1. The van der Waals surface area contributed by atoms with Crippen molar-refractivity contribution in [3.8, 4) is 0 Å². The summed E-state index contributed by atoms with van der Waals surface area (Å²) in [4.78, 5) is 32.8. The minimum absolute atomic E-state index is 0.0926. The van der Waals surface area contributed by atoms with Crippen molar-refractivity contribution in [2.75, 3.05) is 0 Å². The van der Waals surface area contributed by atoms with Crippen LogP contribution in [0.5, 0.6) is 0 Å². The second-order valence-corrected chi connectivity index (χ2v) is 9.70. The maximum absolute atomic E-state index is 13.7. The molecule has 0 fully saturated rings. The largest absolute Gasteiger partial charge is 0.457 e. The molecule has 2 aromatic carbocycles. The lowest BCUT2D eigenvalue weighted by Crippen LogP contribution is -2.39. The van der Waals surface area contributed by atoms with E-state index in [0.717, 1.165) is 10.4 Å². The summed E-state index contributed by atoms with van der Waals surface area (Å²) in [5.41, 5.74) is 1.92. The molecule has 3 heterocycles. The van der Waals surface area contributed by atoms with E-state index in [-0.39, 0.29) is 17.7 Å². The maximum atomic E-state index is 13.7. The van der Waals surface area contributed by atoms with Gasteiger partial charge in [-0.1, -0.05) is 59.9 Å². The molecule has 5 nitrogen and oxygen atoms in total. The molecular weight excluding hydrogens is 471 g/mol. The fourth-order valence-electron chi connectivity index (χ4n) is 3.85. The Morgan fingerprint density at radius 1 is 1.12 bits per heavy atom. The first kappa shape index (κ1) is 22.2. The zero-order valence-corrected chi connectivity index (χ0v) is 19.7. The first-order chi connectivity index (χ1) is 16.5. The number of benzene rings is 2. The summed E-state index contributed by atoms with van der Waals surface area (Å²) < 4.78 is 21.3. The molecule has 0 saturated carbocycles. The van der Waals surface area contributed by atoms with Crippen molar-refractivity contribution >= 4 is 34.7 Å². The Morgan fingerprint density at radius 2 is 1.88 bits per heavy atom. The number of nitrogens with zero attached hydrogens (tertiary/aromatic N) is 2. The van der Waals surface area contributed by atoms with Gasteiger partial charge in [0.1, 0.15) is 12.4 Å². The molecule has 1 unspecified atom stereocenters. The quantitative estimate of drug-likeness (QED) is 0.395. The molecule has 0 amide bonds. The van der Waals surface area contributed by atoms with Crippen LogP contribution in [0.4, 0.5) is 4.39 Å². The average molecular weight is 491 g/mol. The molecule has 0 N–H and O–H groups in total. The summed E-state index contributed by atoms with van der Waals surface area (Å²) in [5.74, 6) is -0.963. The third kappa shape index (κ3) is 4.30. The van der Waals surface area contributed by atoms with E-state index in [1.807, 2.05) is 53.9 Å². The van der Waals surface area contributed by atoms with Gasteiger partial charge in [0.05, 0.1) is 21.8 Å². The highest BCUT2D eigenvalue weighted by atomic mass is 32.1. The highest BCUT2D eigenvalue weighted by molar-refractivity contribution is 7.11. The van der Waals surface area contributed by atoms with Gasteiger partial charge < -0.3 is 4.74 Å². The first-order valence-corrected chi connectivity index (χ1v) is 12.2. The van der Waals surface area contributed by atoms with Crippen LogP contribution in [0.3, 0.4) is 0 Å². The first-order valence-electron chi connectivity index (χ1n) is 10.5. The Morgan fingerprint density at radius 3 is 2.59 bits per heavy atom. The van der Waals surface area contributed by atoms with E-state index in [4.69, 9.17) is 4.74 Å². The van der Waals surface area contributed by atoms with Gasteiger partial charge in [0.15, 0.2) is 4.80 Å². The van der Waals surface area contributed by atoms with Crippen molar-refractivity contribution in [2.24, 2.45) is 4.99 Å². The van der Waals surface area contributed by atoms with Crippen LogP contribution in [0.15, 0.2) is 93.2 Å². The molecule has 8 heteroatoms. The van der Waals surface area contributed by atoms with Crippen LogP contribution in [-0.2, 0) is 16.1 Å². The third-order valence-electron chi connectivity index (χ3n) is 5.46. The fourth-order valence-corrected chi connectivity index (χ4v) is 5.62. The number of thiazole rings is 1. The summed E-state index contributed by atoms with van der Waals surface area (Å²) in [6.07, 6.45) is 1.82. The van der Waals surface area contributed by atoms with Crippen LogP contribution >= 0.6 is 22.7 Å². The molecule has 2 aromatic heterocycles. The highest BCUT2D eigenvalue weighted by Gasteiger charge is 2.33. The van der Waals surface area contributed by atoms with E-state index >= 15 is 0 Å². The molecule has 34 heavy (non-hydrogen) atoms. The van der Waals surface area contributed by atoms with Gasteiger partial charge in [-0.2, -0.15) is 0 Å². The van der Waals surface area contributed by atoms with E-state index in [1.165, 1.54) is 39.4 Å². The Balaban J connectivity index is 1.61. The monoisotopic (exact) mass is 490 g/mol. The number of esters is 1. The van der Waals surface area contributed by atoms with Gasteiger partial charge in [0, 0.05) is 4.88 Å². The number of carbonyl (C=O) groups is 1. The normalized spacial score (nSPS) is 15.7. The lowest BCUT2D eigenvalue weighted by Gasteiger charge is -2.24. The van der Waals surface area contributed by atoms with Gasteiger partial charge in [0.25, 0.3) is 5.56 Å². The van der Waals surface area contributed by atoms with Crippen LogP contribution in [-0.4, -0.2) is 10.5 Å². The molecule has 4 aromatic rings. The van der Waals surface area contributed by atoms with Gasteiger partial charge >= 0.3 is 5.97 Å². The predicted molar refractivity (Wildman–Crippen MR) is 131 cm³/mol. The topological polar surface area (TPSA) is 60.7 Å². The number of hydrogen-bond donors (Lipinski definition) is 0. The van der Waals surface area contributed by atoms with Gasteiger partial charge in [-0.05, 0) is 47.7 Å². The number of rotatable bonds is 5. The minimum atomic E-state index is -0.773. The summed E-state index contributed by atoms with van der Waals surface area (Å²) in [5, 5.41) is 1.94. The Labute approximate surface area is 202 Å². The number of hydrogen-bond acceptors (Lipinski definition) is 6. The van der Waals surface area contributed by atoms with Crippen molar-refractivity contribution in [3.05, 3.63) is 125 Å². The summed E-state index contributed by atoms with van der Waals surface area (Å²) >= 11 is 2.79. The second kappa shape index (κ2) is 9.32. The van der Waals surface area contributed by atoms with E-state index in [9.17, 15) is 14.0 Å². The van der Waals surface area contributed by atoms with Gasteiger partial charge in [-0.15, -0.1) is 11.3 Å². The highest BCUT2D eigenvalue weighted by Crippen LogP contribution is 2.31. The van der Waals surface area contributed by atoms with Gasteiger partial charge in [-0.3, -0.25) is 9.36 Å². The van der Waals surface area contributed by atoms with Crippen LogP contribution in [0.2, 0.25) is 0 Å². The summed E-state index contributed by atoms with van der Waals surface area (Å²) in [6, 6.07) is 18.2. The summed E-state index contributed by atoms with van der Waals surface area (Å²) in [6.45, 7) is 1.82. The van der Waals surface area contributed by atoms with Crippen LogP contribution in [0.25, 0.3) is 6.08 Å². The number of carbonyl (C=O) groups excluding carboxylic acids is 1. The molecule has 1 aliphatic rings. The SMILES string of the molecule is CC1=C(C(=O)OCc2ccccc2)C(c2ccc(F)cc2)n2c(sc(=Cc3cccs3)c2=O)=N1. The molecule has 0 radical (unpaired) electrons. The molecule has 0 bridgehead atoms. The lowest BCUT2D eigenvalue weighted by atomic mass is 9.96. The third-order valence-corrected chi connectivity index (χ3v) is 7.26. The molecule has 1 atom stereocenters. The maximum Gasteiger partial charge on any atom is 0.338 e. The zero-order valence-electron chi connectivity index (χ0n) is 18.1. The average Bonchev–Trinajstić information content (AvgIpc) is 3.46. The number of thiophene rings is 1. The Kier molecular flexibility index (Phi) is 6.08. The zero-order chi connectivity index (χ0) is 23.7. The van der Waals surface area contributed by atoms with E-state index in [1.54, 1.807) is 19.1 Å². The van der Waals surface area contributed by atoms with Gasteiger partial charge in [-0.25, -0.2) is 14.2 Å². The van der Waals surface area contributed by atoms with Crippen molar-refractivity contribution in [2.45, 2.75) is 19.6 Å². The molecule has 0 aliphatic carbocycles. The predicted octanol–water partition coefficient (Wildman–Crippen LogP) is 4.18. The van der Waals surface area contributed by atoms with Crippen LogP contribution < -0.4 is 14.9 Å². The van der Waals surface area contributed by atoms with E-state index in [2.05, 4.69) is 4.99 Å². The summed E-state index contributed by atoms with van der Waals surface area (Å²) in [7, 11) is 0. The molecule has 5 rings (SSSR count). The smallest absolute Gasteiger partial charge is 0.338 e.